The number of carbonyl (C=O) groups is 2. The quantitative estimate of drug-likeness (QED) is 0.853. The van der Waals surface area contributed by atoms with E-state index in [1.165, 1.54) is 6.20 Å². The van der Waals surface area contributed by atoms with Crippen molar-refractivity contribution in [1.82, 2.24) is 10.3 Å². The minimum absolute atomic E-state index is 0.179. The molecular weight excluding hydrogens is 290 g/mol. The molecule has 0 radical (unpaired) electrons. The van der Waals surface area contributed by atoms with Gasteiger partial charge in [0, 0.05) is 24.0 Å². The molecule has 0 fully saturated rings. The van der Waals surface area contributed by atoms with Crippen LogP contribution in [0.1, 0.15) is 27.6 Å². The highest BCUT2D eigenvalue weighted by Crippen LogP contribution is 2.13. The molecular formula is C15H14ClN3O2. The molecule has 2 rings (SSSR count). The highest BCUT2D eigenvalue weighted by Gasteiger charge is 2.09. The molecule has 0 aliphatic carbocycles. The summed E-state index contributed by atoms with van der Waals surface area (Å²) in [7, 11) is 0. The molecule has 0 unspecified atom stereocenters. The summed E-state index contributed by atoms with van der Waals surface area (Å²) in [4.78, 5) is 27.6. The Bertz CT molecular complexity index is 656. The first-order chi connectivity index (χ1) is 10.1. The maximum absolute atomic E-state index is 12.0. The van der Waals surface area contributed by atoms with Gasteiger partial charge in [-0.1, -0.05) is 17.7 Å². The lowest BCUT2D eigenvalue weighted by Gasteiger charge is -2.07. The summed E-state index contributed by atoms with van der Waals surface area (Å²) in [5, 5.41) is 5.74. The molecule has 0 saturated carbocycles. The van der Waals surface area contributed by atoms with Crippen LogP contribution in [0.25, 0.3) is 0 Å². The van der Waals surface area contributed by atoms with E-state index in [1.807, 2.05) is 6.92 Å². The van der Waals surface area contributed by atoms with Crippen molar-refractivity contribution in [2.75, 3.05) is 11.9 Å². The zero-order valence-electron chi connectivity index (χ0n) is 11.4. The van der Waals surface area contributed by atoms with Gasteiger partial charge in [-0.15, -0.1) is 0 Å². The molecule has 1 aromatic carbocycles. The van der Waals surface area contributed by atoms with Crippen molar-refractivity contribution in [2.24, 2.45) is 0 Å². The van der Waals surface area contributed by atoms with Gasteiger partial charge in [0.05, 0.1) is 5.56 Å². The number of rotatable bonds is 4. The molecule has 0 aliphatic heterocycles. The van der Waals surface area contributed by atoms with E-state index >= 15 is 0 Å². The van der Waals surface area contributed by atoms with Gasteiger partial charge in [0.25, 0.3) is 11.8 Å². The number of carbonyl (C=O) groups excluding carboxylic acids is 2. The lowest BCUT2D eigenvalue weighted by Crippen LogP contribution is -2.22. The van der Waals surface area contributed by atoms with Crippen LogP contribution in [-0.4, -0.2) is 23.3 Å². The van der Waals surface area contributed by atoms with Crippen LogP contribution >= 0.6 is 11.6 Å². The number of pyridine rings is 1. The fraction of sp³-hybridized carbons (Fsp3) is 0.133. The number of hydrogen-bond donors (Lipinski definition) is 2. The molecule has 1 aromatic heterocycles. The topological polar surface area (TPSA) is 71.1 Å². The smallest absolute Gasteiger partial charge is 0.257 e. The normalized spacial score (nSPS) is 10.0. The zero-order chi connectivity index (χ0) is 15.2. The van der Waals surface area contributed by atoms with Crippen molar-refractivity contribution in [3.05, 3.63) is 58.9 Å². The van der Waals surface area contributed by atoms with E-state index in [0.29, 0.717) is 28.5 Å². The van der Waals surface area contributed by atoms with Crippen molar-refractivity contribution in [1.29, 1.82) is 0 Å². The van der Waals surface area contributed by atoms with Crippen molar-refractivity contribution in [2.45, 2.75) is 6.92 Å². The maximum atomic E-state index is 12.0. The lowest BCUT2D eigenvalue weighted by atomic mass is 10.1. The molecule has 108 valence electrons. The highest BCUT2D eigenvalue weighted by atomic mass is 35.5. The van der Waals surface area contributed by atoms with Crippen LogP contribution in [-0.2, 0) is 0 Å². The summed E-state index contributed by atoms with van der Waals surface area (Å²) < 4.78 is 0. The summed E-state index contributed by atoms with van der Waals surface area (Å²) in [6, 6.07) is 9.85. The minimum atomic E-state index is -0.313. The second kappa shape index (κ2) is 6.85. The number of nitrogens with zero attached hydrogens (tertiary/aromatic N) is 1. The van der Waals surface area contributed by atoms with Crippen LogP contribution in [0.4, 0.5) is 5.69 Å². The molecule has 2 amide bonds. The average molecular weight is 304 g/mol. The zero-order valence-corrected chi connectivity index (χ0v) is 12.1. The minimum Gasteiger partial charge on any atom is -0.352 e. The molecule has 0 aliphatic rings. The monoisotopic (exact) mass is 303 g/mol. The Morgan fingerprint density at radius 2 is 1.95 bits per heavy atom. The Morgan fingerprint density at radius 1 is 1.14 bits per heavy atom. The van der Waals surface area contributed by atoms with Gasteiger partial charge in [0.1, 0.15) is 5.15 Å². The first-order valence-corrected chi connectivity index (χ1v) is 6.79. The number of halogens is 1. The third-order valence-electron chi connectivity index (χ3n) is 2.71. The third kappa shape index (κ3) is 4.03. The van der Waals surface area contributed by atoms with Gasteiger partial charge in [0.15, 0.2) is 0 Å². The molecule has 0 saturated heterocycles. The average Bonchev–Trinajstić information content (AvgIpc) is 2.48. The summed E-state index contributed by atoms with van der Waals surface area (Å²) in [5.41, 5.74) is 1.42. The van der Waals surface area contributed by atoms with E-state index in [9.17, 15) is 9.59 Å². The van der Waals surface area contributed by atoms with Crippen LogP contribution in [0.15, 0.2) is 42.6 Å². The SMILES string of the molecule is CCNC(=O)c1cccc(NC(=O)c2ccc(Cl)nc2)c1. The fourth-order valence-electron chi connectivity index (χ4n) is 1.71. The molecule has 5 nitrogen and oxygen atoms in total. The second-order valence-corrected chi connectivity index (χ2v) is 4.65. The second-order valence-electron chi connectivity index (χ2n) is 4.26. The van der Waals surface area contributed by atoms with E-state index in [0.717, 1.165) is 0 Å². The number of hydrogen-bond acceptors (Lipinski definition) is 3. The molecule has 21 heavy (non-hydrogen) atoms. The molecule has 6 heteroatoms. The summed E-state index contributed by atoms with van der Waals surface area (Å²) in [6.07, 6.45) is 1.39. The van der Waals surface area contributed by atoms with E-state index in [4.69, 9.17) is 11.6 Å². The van der Waals surface area contributed by atoms with Gasteiger partial charge < -0.3 is 10.6 Å². The van der Waals surface area contributed by atoms with Crippen molar-refractivity contribution < 1.29 is 9.59 Å². The highest BCUT2D eigenvalue weighted by molar-refractivity contribution is 6.29. The van der Waals surface area contributed by atoms with Crippen LogP contribution in [0, 0.1) is 0 Å². The lowest BCUT2D eigenvalue weighted by molar-refractivity contribution is 0.0954. The predicted molar refractivity (Wildman–Crippen MR) is 81.6 cm³/mol. The van der Waals surface area contributed by atoms with Crippen molar-refractivity contribution >= 4 is 29.1 Å². The van der Waals surface area contributed by atoms with Crippen molar-refractivity contribution in [3.63, 3.8) is 0 Å². The Hall–Kier alpha value is -2.40. The van der Waals surface area contributed by atoms with E-state index in [1.54, 1.807) is 36.4 Å². The Morgan fingerprint density at radius 3 is 2.62 bits per heavy atom. The van der Waals surface area contributed by atoms with Gasteiger partial charge >= 0.3 is 0 Å². The van der Waals surface area contributed by atoms with E-state index in [2.05, 4.69) is 15.6 Å². The Kier molecular flexibility index (Phi) is 4.90. The van der Waals surface area contributed by atoms with Gasteiger partial charge in [-0.05, 0) is 37.3 Å². The van der Waals surface area contributed by atoms with Gasteiger partial charge in [-0.25, -0.2) is 4.98 Å². The first-order valence-electron chi connectivity index (χ1n) is 6.41. The summed E-state index contributed by atoms with van der Waals surface area (Å²) in [5.74, 6) is -0.492. The molecule has 1 heterocycles. The number of amides is 2. The van der Waals surface area contributed by atoms with E-state index in [-0.39, 0.29) is 11.8 Å². The molecule has 2 N–H and O–H groups in total. The summed E-state index contributed by atoms with van der Waals surface area (Å²) >= 11 is 5.67. The van der Waals surface area contributed by atoms with E-state index < -0.39 is 0 Å². The van der Waals surface area contributed by atoms with Gasteiger partial charge in [-0.2, -0.15) is 0 Å². The maximum Gasteiger partial charge on any atom is 0.257 e. The largest absolute Gasteiger partial charge is 0.352 e. The first kappa shape index (κ1) is 15.0. The number of nitrogens with one attached hydrogen (secondary N) is 2. The molecule has 0 spiro atoms. The van der Waals surface area contributed by atoms with Gasteiger partial charge in [-0.3, -0.25) is 9.59 Å². The third-order valence-corrected chi connectivity index (χ3v) is 2.93. The van der Waals surface area contributed by atoms with Gasteiger partial charge in [0.2, 0.25) is 0 Å². The van der Waals surface area contributed by atoms with Crippen molar-refractivity contribution in [3.8, 4) is 0 Å². The van der Waals surface area contributed by atoms with Crippen LogP contribution in [0.2, 0.25) is 5.15 Å². The molecule has 0 bridgehead atoms. The predicted octanol–water partition coefficient (Wildman–Crippen LogP) is 2.74. The van der Waals surface area contributed by atoms with Crippen LogP contribution in [0.5, 0.6) is 0 Å². The summed E-state index contributed by atoms with van der Waals surface area (Å²) in [6.45, 7) is 2.39. The number of benzene rings is 1. The Labute approximate surface area is 127 Å². The molecule has 0 atom stereocenters. The van der Waals surface area contributed by atoms with Crippen LogP contribution in [0.3, 0.4) is 0 Å². The standard InChI is InChI=1S/C15H14ClN3O2/c1-2-17-14(20)10-4-3-5-12(8-10)19-15(21)11-6-7-13(16)18-9-11/h3-9H,2H2,1H3,(H,17,20)(H,19,21). The fourth-order valence-corrected chi connectivity index (χ4v) is 1.83. The Balaban J connectivity index is 2.12. The number of aromatic nitrogens is 1. The molecule has 2 aromatic rings. The van der Waals surface area contributed by atoms with Crippen LogP contribution < -0.4 is 10.6 Å². The number of anilines is 1.